The Morgan fingerprint density at radius 2 is 2.05 bits per heavy atom. The van der Waals surface area contributed by atoms with E-state index in [0.717, 1.165) is 24.8 Å². The highest BCUT2D eigenvalue weighted by molar-refractivity contribution is 5.39. The highest BCUT2D eigenvalue weighted by atomic mass is 16.7. The molecule has 0 spiro atoms. The normalized spacial score (nSPS) is 15.7. The average molecular weight is 282 g/mol. The first-order valence-electron chi connectivity index (χ1n) is 6.96. The zero-order valence-electron chi connectivity index (χ0n) is 11.8. The lowest BCUT2D eigenvalue weighted by Crippen LogP contribution is -2.07. The molecule has 0 atom stereocenters. The van der Waals surface area contributed by atoms with Gasteiger partial charge in [0, 0.05) is 13.2 Å². The van der Waals surface area contributed by atoms with Gasteiger partial charge in [-0.2, -0.15) is 0 Å². The predicted octanol–water partition coefficient (Wildman–Crippen LogP) is 2.11. The van der Waals surface area contributed by atoms with E-state index >= 15 is 0 Å². The number of methoxy groups -OCH3 is 1. The monoisotopic (exact) mass is 282 g/mol. The lowest BCUT2D eigenvalue weighted by atomic mass is 10.1. The number of aromatic hydroxyl groups is 1. The van der Waals surface area contributed by atoms with Crippen LogP contribution in [0.1, 0.15) is 18.4 Å². The van der Waals surface area contributed by atoms with Crippen LogP contribution in [-0.2, 0) is 20.6 Å². The van der Waals surface area contributed by atoms with Crippen LogP contribution in [-0.4, -0.2) is 44.9 Å². The van der Waals surface area contributed by atoms with Gasteiger partial charge in [-0.3, -0.25) is 0 Å². The summed E-state index contributed by atoms with van der Waals surface area (Å²) in [6.45, 7) is 2.38. The summed E-state index contributed by atoms with van der Waals surface area (Å²) in [6.07, 6.45) is 2.50. The van der Waals surface area contributed by atoms with E-state index in [0.29, 0.717) is 32.2 Å². The van der Waals surface area contributed by atoms with E-state index in [1.165, 1.54) is 0 Å². The molecule has 0 aromatic heterocycles. The van der Waals surface area contributed by atoms with Gasteiger partial charge >= 0.3 is 0 Å². The Kier molecular flexibility index (Phi) is 6.11. The number of rotatable bonds is 8. The Morgan fingerprint density at radius 1 is 1.25 bits per heavy atom. The topological polar surface area (TPSA) is 57.2 Å². The molecule has 2 rings (SSSR count). The second kappa shape index (κ2) is 8.09. The molecule has 1 heterocycles. The van der Waals surface area contributed by atoms with Crippen molar-refractivity contribution in [2.75, 3.05) is 33.5 Å². The summed E-state index contributed by atoms with van der Waals surface area (Å²) in [4.78, 5) is 0. The van der Waals surface area contributed by atoms with Crippen molar-refractivity contribution < 1.29 is 24.1 Å². The summed E-state index contributed by atoms with van der Waals surface area (Å²) in [5.41, 5.74) is 0.919. The molecule has 0 saturated carbocycles. The molecule has 0 aliphatic carbocycles. The van der Waals surface area contributed by atoms with Crippen molar-refractivity contribution in [3.05, 3.63) is 23.8 Å². The Morgan fingerprint density at radius 3 is 2.75 bits per heavy atom. The van der Waals surface area contributed by atoms with E-state index in [-0.39, 0.29) is 12.0 Å². The Hall–Kier alpha value is -1.30. The molecule has 20 heavy (non-hydrogen) atoms. The van der Waals surface area contributed by atoms with Gasteiger partial charge in [0.05, 0.1) is 19.8 Å². The quantitative estimate of drug-likeness (QED) is 0.740. The molecule has 1 aliphatic rings. The van der Waals surface area contributed by atoms with Gasteiger partial charge in [-0.1, -0.05) is 6.07 Å². The van der Waals surface area contributed by atoms with Crippen LogP contribution < -0.4 is 4.74 Å². The third-order valence-electron chi connectivity index (χ3n) is 3.19. The van der Waals surface area contributed by atoms with E-state index in [4.69, 9.17) is 18.9 Å². The minimum atomic E-state index is -0.0752. The molecule has 0 bridgehead atoms. The van der Waals surface area contributed by atoms with Crippen molar-refractivity contribution in [1.82, 2.24) is 0 Å². The van der Waals surface area contributed by atoms with Gasteiger partial charge in [-0.15, -0.1) is 0 Å². The highest BCUT2D eigenvalue weighted by Crippen LogP contribution is 2.25. The molecule has 1 aromatic carbocycles. The van der Waals surface area contributed by atoms with Gasteiger partial charge in [0.2, 0.25) is 0 Å². The maximum Gasteiger partial charge on any atom is 0.157 e. The van der Waals surface area contributed by atoms with Crippen molar-refractivity contribution in [2.45, 2.75) is 25.6 Å². The van der Waals surface area contributed by atoms with Crippen LogP contribution >= 0.6 is 0 Å². The molecule has 1 aliphatic heterocycles. The van der Waals surface area contributed by atoms with Crippen molar-refractivity contribution in [2.24, 2.45) is 0 Å². The van der Waals surface area contributed by atoms with Crippen LogP contribution in [0.25, 0.3) is 0 Å². The molecular weight excluding hydrogens is 260 g/mol. The van der Waals surface area contributed by atoms with E-state index in [9.17, 15) is 5.11 Å². The number of benzene rings is 1. The van der Waals surface area contributed by atoms with E-state index < -0.39 is 0 Å². The minimum Gasteiger partial charge on any atom is -0.508 e. The first kappa shape index (κ1) is 15.1. The molecule has 0 radical (unpaired) electrons. The molecular formula is C15H22O5. The fourth-order valence-electron chi connectivity index (χ4n) is 2.12. The molecule has 1 N–H and O–H groups in total. The molecule has 1 aromatic rings. The summed E-state index contributed by atoms with van der Waals surface area (Å²) in [5.74, 6) is 0.930. The Bertz CT molecular complexity index is 401. The number of hydrogen-bond acceptors (Lipinski definition) is 5. The van der Waals surface area contributed by atoms with Crippen molar-refractivity contribution in [1.29, 1.82) is 0 Å². The third-order valence-corrected chi connectivity index (χ3v) is 3.19. The first-order chi connectivity index (χ1) is 9.79. The standard InChI is InChI=1S/C15H22O5/c1-17-7-8-18-13-6-5-12(14(16)11-13)3-2-4-15-19-9-10-20-15/h5-6,11,15-16H,2-4,7-10H2,1H3. The molecule has 112 valence electrons. The molecule has 1 saturated heterocycles. The summed E-state index contributed by atoms with van der Waals surface area (Å²) in [7, 11) is 1.63. The van der Waals surface area contributed by atoms with Gasteiger partial charge in [-0.05, 0) is 30.9 Å². The average Bonchev–Trinajstić information content (AvgIpc) is 2.95. The number of aryl methyl sites for hydroxylation is 1. The second-order valence-electron chi connectivity index (χ2n) is 4.70. The molecule has 5 nitrogen and oxygen atoms in total. The van der Waals surface area contributed by atoms with Crippen molar-refractivity contribution >= 4 is 0 Å². The molecule has 5 heteroatoms. The summed E-state index contributed by atoms with van der Waals surface area (Å²) in [5, 5.41) is 9.97. The highest BCUT2D eigenvalue weighted by Gasteiger charge is 2.15. The van der Waals surface area contributed by atoms with Crippen LogP contribution in [0.4, 0.5) is 0 Å². The fourth-order valence-corrected chi connectivity index (χ4v) is 2.12. The predicted molar refractivity (Wildman–Crippen MR) is 74.1 cm³/mol. The Balaban J connectivity index is 1.76. The number of ether oxygens (including phenoxy) is 4. The lowest BCUT2D eigenvalue weighted by Gasteiger charge is -2.11. The van der Waals surface area contributed by atoms with Crippen molar-refractivity contribution in [3.63, 3.8) is 0 Å². The van der Waals surface area contributed by atoms with Crippen LogP contribution in [0, 0.1) is 0 Å². The minimum absolute atomic E-state index is 0.0752. The van der Waals surface area contributed by atoms with E-state index in [1.807, 2.05) is 12.1 Å². The van der Waals surface area contributed by atoms with Crippen molar-refractivity contribution in [3.8, 4) is 11.5 Å². The molecule has 0 amide bonds. The van der Waals surface area contributed by atoms with Gasteiger partial charge in [0.15, 0.2) is 6.29 Å². The lowest BCUT2D eigenvalue weighted by molar-refractivity contribution is -0.0476. The van der Waals surface area contributed by atoms with Crippen LogP contribution in [0.3, 0.4) is 0 Å². The summed E-state index contributed by atoms with van der Waals surface area (Å²) >= 11 is 0. The van der Waals surface area contributed by atoms with Crippen LogP contribution in [0.15, 0.2) is 18.2 Å². The van der Waals surface area contributed by atoms with Gasteiger partial charge in [-0.25, -0.2) is 0 Å². The maximum absolute atomic E-state index is 9.97. The third kappa shape index (κ3) is 4.67. The Labute approximate surface area is 119 Å². The van der Waals surface area contributed by atoms with Crippen LogP contribution in [0.2, 0.25) is 0 Å². The summed E-state index contributed by atoms with van der Waals surface area (Å²) < 4.78 is 21.1. The van der Waals surface area contributed by atoms with Gasteiger partial charge in [0.25, 0.3) is 0 Å². The largest absolute Gasteiger partial charge is 0.508 e. The van der Waals surface area contributed by atoms with Gasteiger partial charge in [0.1, 0.15) is 18.1 Å². The zero-order valence-corrected chi connectivity index (χ0v) is 11.8. The maximum atomic E-state index is 9.97. The molecule has 0 unspecified atom stereocenters. The first-order valence-corrected chi connectivity index (χ1v) is 6.96. The van der Waals surface area contributed by atoms with E-state index in [1.54, 1.807) is 13.2 Å². The van der Waals surface area contributed by atoms with Gasteiger partial charge < -0.3 is 24.1 Å². The number of phenols is 1. The smallest absolute Gasteiger partial charge is 0.157 e. The zero-order chi connectivity index (χ0) is 14.2. The SMILES string of the molecule is COCCOc1ccc(CCCC2OCCO2)c(O)c1. The molecule has 1 fully saturated rings. The van der Waals surface area contributed by atoms with Crippen LogP contribution in [0.5, 0.6) is 11.5 Å². The fraction of sp³-hybridized carbons (Fsp3) is 0.600. The number of phenolic OH excluding ortho intramolecular Hbond substituents is 1. The van der Waals surface area contributed by atoms with E-state index in [2.05, 4.69) is 0 Å². The second-order valence-corrected chi connectivity index (χ2v) is 4.70. The summed E-state index contributed by atoms with van der Waals surface area (Å²) in [6, 6.07) is 5.41. The number of hydrogen-bond donors (Lipinski definition) is 1.